The lowest BCUT2D eigenvalue weighted by Gasteiger charge is -2.24. The van der Waals surface area contributed by atoms with Crippen molar-refractivity contribution < 1.29 is 0 Å². The van der Waals surface area contributed by atoms with Gasteiger partial charge in [-0.1, -0.05) is 0 Å². The molecule has 2 atom stereocenters. The van der Waals surface area contributed by atoms with E-state index in [9.17, 15) is 0 Å². The van der Waals surface area contributed by atoms with Gasteiger partial charge in [0.1, 0.15) is 5.82 Å². The fraction of sp³-hybridized carbons (Fsp3) is 0.692. The lowest BCUT2D eigenvalue weighted by atomic mass is 9.94. The highest BCUT2D eigenvalue weighted by Crippen LogP contribution is 2.25. The number of piperidine rings is 1. The van der Waals surface area contributed by atoms with Crippen molar-refractivity contribution in [1.82, 2.24) is 20.2 Å². The summed E-state index contributed by atoms with van der Waals surface area (Å²) in [5.74, 6) is 1.73. The van der Waals surface area contributed by atoms with Gasteiger partial charge < -0.3 is 5.32 Å². The van der Waals surface area contributed by atoms with Gasteiger partial charge in [-0.2, -0.15) is 0 Å². The van der Waals surface area contributed by atoms with E-state index in [1.54, 1.807) is 0 Å². The van der Waals surface area contributed by atoms with Crippen LogP contribution >= 0.6 is 0 Å². The van der Waals surface area contributed by atoms with Crippen LogP contribution in [-0.2, 0) is 6.54 Å². The third-order valence-corrected chi connectivity index (χ3v) is 3.89. The van der Waals surface area contributed by atoms with Crippen molar-refractivity contribution >= 4 is 0 Å². The summed E-state index contributed by atoms with van der Waals surface area (Å²) in [7, 11) is 0. The molecule has 0 aromatic carbocycles. The number of hydrogen-bond donors (Lipinski definition) is 1. The summed E-state index contributed by atoms with van der Waals surface area (Å²) in [6.45, 7) is 6.52. The second kappa shape index (κ2) is 4.70. The zero-order valence-electron chi connectivity index (χ0n) is 10.4. The maximum absolute atomic E-state index is 4.48. The molecular formula is C13H20N4. The summed E-state index contributed by atoms with van der Waals surface area (Å²) < 4.78 is 0. The normalized spacial score (nSPS) is 29.2. The molecule has 0 bridgehead atoms. The number of hydrogen-bond acceptors (Lipinski definition) is 4. The molecule has 2 saturated heterocycles. The zero-order valence-corrected chi connectivity index (χ0v) is 10.4. The van der Waals surface area contributed by atoms with E-state index in [2.05, 4.69) is 20.2 Å². The van der Waals surface area contributed by atoms with Gasteiger partial charge in [0.25, 0.3) is 0 Å². The topological polar surface area (TPSA) is 41.1 Å². The van der Waals surface area contributed by atoms with E-state index in [4.69, 9.17) is 0 Å². The Balaban J connectivity index is 1.63. The van der Waals surface area contributed by atoms with Crippen molar-refractivity contribution in [3.05, 3.63) is 23.8 Å². The Kier molecular flexibility index (Phi) is 3.07. The van der Waals surface area contributed by atoms with Gasteiger partial charge >= 0.3 is 0 Å². The van der Waals surface area contributed by atoms with E-state index in [0.717, 1.165) is 24.0 Å². The van der Waals surface area contributed by atoms with Crippen LogP contribution in [0.15, 0.2) is 12.3 Å². The van der Waals surface area contributed by atoms with Gasteiger partial charge in [0.05, 0.1) is 5.69 Å². The van der Waals surface area contributed by atoms with Gasteiger partial charge in [-0.05, 0) is 38.3 Å². The third kappa shape index (κ3) is 2.48. The molecule has 4 nitrogen and oxygen atoms in total. The highest BCUT2D eigenvalue weighted by atomic mass is 15.2. The Hall–Kier alpha value is -1.00. The number of fused-ring (bicyclic) bond motifs is 1. The number of aryl methyl sites for hydroxylation is 1. The van der Waals surface area contributed by atoms with E-state index in [-0.39, 0.29) is 0 Å². The number of nitrogens with one attached hydrogen (secondary N) is 1. The van der Waals surface area contributed by atoms with Crippen molar-refractivity contribution in [2.75, 3.05) is 19.6 Å². The van der Waals surface area contributed by atoms with Crippen LogP contribution in [0.4, 0.5) is 0 Å². The molecule has 4 heteroatoms. The molecule has 0 spiro atoms. The molecule has 3 heterocycles. The van der Waals surface area contributed by atoms with Crippen LogP contribution in [0.3, 0.4) is 0 Å². The van der Waals surface area contributed by atoms with Gasteiger partial charge in [-0.15, -0.1) is 0 Å². The quantitative estimate of drug-likeness (QED) is 0.825. The summed E-state index contributed by atoms with van der Waals surface area (Å²) in [5.41, 5.74) is 1.15. The monoisotopic (exact) mass is 232 g/mol. The number of nitrogens with zero attached hydrogens (tertiary/aromatic N) is 3. The molecule has 2 fully saturated rings. The predicted molar refractivity (Wildman–Crippen MR) is 66.6 cm³/mol. The lowest BCUT2D eigenvalue weighted by molar-refractivity contribution is 0.309. The van der Waals surface area contributed by atoms with Gasteiger partial charge in [0.15, 0.2) is 0 Å². The smallest absolute Gasteiger partial charge is 0.125 e. The maximum atomic E-state index is 4.48. The molecule has 1 N–H and O–H groups in total. The first kappa shape index (κ1) is 11.1. The number of aromatic nitrogens is 2. The van der Waals surface area contributed by atoms with E-state index >= 15 is 0 Å². The molecule has 3 rings (SSSR count). The molecule has 0 amide bonds. The van der Waals surface area contributed by atoms with Crippen LogP contribution < -0.4 is 5.32 Å². The molecule has 92 valence electrons. The van der Waals surface area contributed by atoms with Crippen molar-refractivity contribution in [1.29, 1.82) is 0 Å². The largest absolute Gasteiger partial charge is 0.312 e. The molecule has 0 saturated carbocycles. The Morgan fingerprint density at radius 1 is 1.47 bits per heavy atom. The first-order chi connectivity index (χ1) is 8.31. The van der Waals surface area contributed by atoms with Crippen LogP contribution in [0, 0.1) is 12.8 Å². The fourth-order valence-electron chi connectivity index (χ4n) is 3.09. The first-order valence-corrected chi connectivity index (χ1v) is 6.55. The van der Waals surface area contributed by atoms with Gasteiger partial charge in [0.2, 0.25) is 0 Å². The minimum absolute atomic E-state index is 0.715. The van der Waals surface area contributed by atoms with E-state index in [1.165, 1.54) is 32.5 Å². The SMILES string of the molecule is Cc1nccc(CN2CC3CCCNC3C2)n1. The second-order valence-electron chi connectivity index (χ2n) is 5.25. The molecule has 2 unspecified atom stereocenters. The number of likely N-dealkylation sites (tertiary alicyclic amines) is 1. The zero-order chi connectivity index (χ0) is 11.7. The van der Waals surface area contributed by atoms with E-state index in [1.807, 2.05) is 19.2 Å². The van der Waals surface area contributed by atoms with Crippen LogP contribution in [-0.4, -0.2) is 40.5 Å². The molecule has 1 aromatic heterocycles. The van der Waals surface area contributed by atoms with Crippen LogP contribution in [0.2, 0.25) is 0 Å². The third-order valence-electron chi connectivity index (χ3n) is 3.89. The predicted octanol–water partition coefficient (Wildman–Crippen LogP) is 0.969. The average Bonchev–Trinajstić information content (AvgIpc) is 2.71. The molecule has 0 radical (unpaired) electrons. The van der Waals surface area contributed by atoms with E-state index in [0.29, 0.717) is 6.04 Å². The molecule has 2 aliphatic heterocycles. The molecule has 17 heavy (non-hydrogen) atoms. The van der Waals surface area contributed by atoms with Crippen LogP contribution in [0.25, 0.3) is 0 Å². The fourth-order valence-corrected chi connectivity index (χ4v) is 3.09. The Morgan fingerprint density at radius 3 is 3.24 bits per heavy atom. The first-order valence-electron chi connectivity index (χ1n) is 6.55. The summed E-state index contributed by atoms with van der Waals surface area (Å²) in [4.78, 5) is 11.1. The van der Waals surface area contributed by atoms with Gasteiger partial charge in [-0.25, -0.2) is 9.97 Å². The minimum Gasteiger partial charge on any atom is -0.312 e. The van der Waals surface area contributed by atoms with Crippen LogP contribution in [0.1, 0.15) is 24.4 Å². The Morgan fingerprint density at radius 2 is 2.41 bits per heavy atom. The summed E-state index contributed by atoms with van der Waals surface area (Å²) >= 11 is 0. The van der Waals surface area contributed by atoms with Crippen molar-refractivity contribution in [3.63, 3.8) is 0 Å². The summed E-state index contributed by atoms with van der Waals surface area (Å²) in [6.07, 6.45) is 4.58. The Bertz CT molecular complexity index is 379. The molecule has 0 aliphatic carbocycles. The van der Waals surface area contributed by atoms with Gasteiger partial charge in [-0.3, -0.25) is 4.90 Å². The second-order valence-corrected chi connectivity index (χ2v) is 5.25. The van der Waals surface area contributed by atoms with E-state index < -0.39 is 0 Å². The lowest BCUT2D eigenvalue weighted by Crippen LogP contribution is -2.40. The number of rotatable bonds is 2. The summed E-state index contributed by atoms with van der Waals surface area (Å²) in [6, 6.07) is 2.74. The van der Waals surface area contributed by atoms with Crippen molar-refractivity contribution in [2.45, 2.75) is 32.4 Å². The highest BCUT2D eigenvalue weighted by Gasteiger charge is 2.33. The van der Waals surface area contributed by atoms with Crippen LogP contribution in [0.5, 0.6) is 0 Å². The average molecular weight is 232 g/mol. The molecule has 1 aromatic rings. The molecule has 2 aliphatic rings. The van der Waals surface area contributed by atoms with Crippen molar-refractivity contribution in [2.24, 2.45) is 5.92 Å². The Labute approximate surface area is 102 Å². The highest BCUT2D eigenvalue weighted by molar-refractivity contribution is 5.03. The standard InChI is InChI=1S/C13H20N4/c1-10-14-6-4-12(16-10)8-17-7-11-3-2-5-15-13(11)9-17/h4,6,11,13,15H,2-3,5,7-9H2,1H3. The van der Waals surface area contributed by atoms with Gasteiger partial charge in [0, 0.05) is 31.9 Å². The summed E-state index contributed by atoms with van der Waals surface area (Å²) in [5, 5.41) is 3.63. The van der Waals surface area contributed by atoms with Crippen molar-refractivity contribution in [3.8, 4) is 0 Å². The maximum Gasteiger partial charge on any atom is 0.125 e. The molecular weight excluding hydrogens is 212 g/mol. The minimum atomic E-state index is 0.715.